The lowest BCUT2D eigenvalue weighted by atomic mass is 10.8. The highest BCUT2D eigenvalue weighted by Crippen LogP contribution is 1.86. The average Bonchev–Trinajstić information content (AvgIpc) is 1.65. The van der Waals surface area contributed by atoms with E-state index in [0.717, 1.165) is 0 Å². The number of rotatable bonds is 1. The first-order valence-electron chi connectivity index (χ1n) is 1.21. The van der Waals surface area contributed by atoms with Crippen molar-refractivity contribution in [3.8, 4) is 0 Å². The monoisotopic (exact) mass is 142 g/mol. The van der Waals surface area contributed by atoms with Gasteiger partial charge in [0.05, 0.1) is 0 Å². The van der Waals surface area contributed by atoms with Gasteiger partial charge in [0.15, 0.2) is 0 Å². The maximum atomic E-state index is 9.68. The van der Waals surface area contributed by atoms with Gasteiger partial charge in [-0.05, 0) is 11.6 Å². The van der Waals surface area contributed by atoms with E-state index in [2.05, 4.69) is 27.8 Å². The lowest BCUT2D eigenvalue weighted by molar-refractivity contribution is -0.142. The van der Waals surface area contributed by atoms with Crippen molar-refractivity contribution in [3.05, 3.63) is 0 Å². The van der Waals surface area contributed by atoms with E-state index in [1.54, 1.807) is 0 Å². The van der Waals surface area contributed by atoms with Crippen LogP contribution < -0.4 is 0 Å². The van der Waals surface area contributed by atoms with Crippen LogP contribution in [-0.2, 0) is 13.9 Å². The van der Waals surface area contributed by atoms with Crippen molar-refractivity contribution in [1.29, 1.82) is 0 Å². The van der Waals surface area contributed by atoms with Crippen molar-refractivity contribution in [2.75, 3.05) is 0 Å². The molecule has 5 heteroatoms. The Morgan fingerprint density at radius 1 is 1.43 bits per heavy atom. The summed E-state index contributed by atoms with van der Waals surface area (Å²) < 4.78 is 3.36. The third kappa shape index (κ3) is 2.42. The second-order valence-corrected chi connectivity index (χ2v) is 1.14. The second-order valence-electron chi connectivity index (χ2n) is 0.638. The summed E-state index contributed by atoms with van der Waals surface area (Å²) in [5, 5.41) is -1.23. The SMILES string of the molecule is O=C(Cl)C(=O)OCl. The van der Waals surface area contributed by atoms with E-state index in [1.165, 1.54) is 0 Å². The maximum absolute atomic E-state index is 9.68. The van der Waals surface area contributed by atoms with Crippen LogP contribution in [0, 0.1) is 0 Å². The molecule has 0 unspecified atom stereocenters. The molecule has 0 amide bonds. The summed E-state index contributed by atoms with van der Waals surface area (Å²) in [6.07, 6.45) is 0. The van der Waals surface area contributed by atoms with E-state index in [4.69, 9.17) is 0 Å². The van der Waals surface area contributed by atoms with Gasteiger partial charge in [-0.25, -0.2) is 4.79 Å². The normalized spacial score (nSPS) is 7.71. The highest BCUT2D eigenvalue weighted by molar-refractivity contribution is 6.80. The molecule has 3 nitrogen and oxygen atoms in total. The Bertz CT molecular complexity index is 99.1. The van der Waals surface area contributed by atoms with Gasteiger partial charge in [-0.15, -0.1) is 0 Å². The van der Waals surface area contributed by atoms with Crippen LogP contribution in [0.1, 0.15) is 0 Å². The van der Waals surface area contributed by atoms with Gasteiger partial charge in [-0.3, -0.25) is 4.79 Å². The van der Waals surface area contributed by atoms with Gasteiger partial charge >= 0.3 is 11.2 Å². The molecular formula is C2Cl2O3. The summed E-state index contributed by atoms with van der Waals surface area (Å²) in [6, 6.07) is 0. The summed E-state index contributed by atoms with van der Waals surface area (Å²) >= 11 is 8.92. The highest BCUT2D eigenvalue weighted by atomic mass is 35.5. The van der Waals surface area contributed by atoms with Gasteiger partial charge in [0.2, 0.25) is 0 Å². The Labute approximate surface area is 49.3 Å². The van der Waals surface area contributed by atoms with Crippen LogP contribution in [0.15, 0.2) is 0 Å². The fourth-order valence-electron chi connectivity index (χ4n) is 0.0303. The molecule has 0 fully saturated rings. The van der Waals surface area contributed by atoms with E-state index < -0.39 is 11.2 Å². The molecule has 0 aliphatic rings. The zero-order valence-electron chi connectivity index (χ0n) is 2.98. The van der Waals surface area contributed by atoms with Gasteiger partial charge in [0, 0.05) is 0 Å². The first-order chi connectivity index (χ1) is 3.18. The molecule has 0 rings (SSSR count). The molecule has 0 N–H and O–H groups in total. The molecule has 0 saturated carbocycles. The molecule has 7 heavy (non-hydrogen) atoms. The summed E-state index contributed by atoms with van der Waals surface area (Å²) in [5.41, 5.74) is 0. The topological polar surface area (TPSA) is 43.4 Å². The standard InChI is InChI=1S/C2Cl2O3/c3-1(5)2(6)7-4. The zero-order chi connectivity index (χ0) is 5.86. The summed E-state index contributed by atoms with van der Waals surface area (Å²) in [7, 11) is 0. The molecule has 0 saturated heterocycles. The van der Waals surface area contributed by atoms with Crippen molar-refractivity contribution in [3.63, 3.8) is 0 Å². The fraction of sp³-hybridized carbons (Fsp3) is 0. The van der Waals surface area contributed by atoms with Crippen LogP contribution >= 0.6 is 23.5 Å². The minimum Gasteiger partial charge on any atom is -0.340 e. The highest BCUT2D eigenvalue weighted by Gasteiger charge is 2.09. The molecule has 0 aliphatic heterocycles. The molecule has 0 aromatic heterocycles. The van der Waals surface area contributed by atoms with Crippen LogP contribution in [0.5, 0.6) is 0 Å². The number of hydrogen-bond acceptors (Lipinski definition) is 3. The number of carbonyl (C=O) groups excluding carboxylic acids is 2. The summed E-state index contributed by atoms with van der Waals surface area (Å²) in [6.45, 7) is 0. The lowest BCUT2D eigenvalue weighted by Crippen LogP contribution is -2.04. The molecule has 40 valence electrons. The number of hydrogen-bond donors (Lipinski definition) is 0. The van der Waals surface area contributed by atoms with Crippen molar-refractivity contribution < 1.29 is 13.9 Å². The Morgan fingerprint density at radius 2 is 1.86 bits per heavy atom. The van der Waals surface area contributed by atoms with Crippen LogP contribution in [0.3, 0.4) is 0 Å². The molecule has 0 aromatic carbocycles. The average molecular weight is 143 g/mol. The van der Waals surface area contributed by atoms with Gasteiger partial charge in [0.25, 0.3) is 0 Å². The lowest BCUT2D eigenvalue weighted by Gasteiger charge is -1.79. The molecule has 0 heterocycles. The molecule has 0 bridgehead atoms. The zero-order valence-corrected chi connectivity index (χ0v) is 4.49. The fourth-order valence-corrected chi connectivity index (χ4v) is 0.178. The molecular weight excluding hydrogens is 143 g/mol. The molecule has 0 aliphatic carbocycles. The molecule has 0 spiro atoms. The summed E-state index contributed by atoms with van der Waals surface area (Å²) in [4.78, 5) is 19.3. The first-order valence-corrected chi connectivity index (χ1v) is 1.89. The van der Waals surface area contributed by atoms with E-state index >= 15 is 0 Å². The molecule has 0 radical (unpaired) electrons. The Balaban J connectivity index is 3.58. The van der Waals surface area contributed by atoms with E-state index in [0.29, 0.717) is 0 Å². The van der Waals surface area contributed by atoms with Crippen LogP contribution in [-0.4, -0.2) is 11.2 Å². The van der Waals surface area contributed by atoms with Crippen molar-refractivity contribution in [2.24, 2.45) is 0 Å². The van der Waals surface area contributed by atoms with Crippen LogP contribution in [0.2, 0.25) is 0 Å². The quantitative estimate of drug-likeness (QED) is 0.395. The smallest absolute Gasteiger partial charge is 0.340 e. The van der Waals surface area contributed by atoms with Crippen LogP contribution in [0.4, 0.5) is 0 Å². The van der Waals surface area contributed by atoms with E-state index in [9.17, 15) is 9.59 Å². The summed E-state index contributed by atoms with van der Waals surface area (Å²) in [5.74, 6) is -1.26. The third-order valence-electron chi connectivity index (χ3n) is 0.231. The Morgan fingerprint density at radius 3 is 1.86 bits per heavy atom. The number of carbonyl (C=O) groups is 2. The van der Waals surface area contributed by atoms with E-state index in [-0.39, 0.29) is 0 Å². The van der Waals surface area contributed by atoms with Gasteiger partial charge in [0.1, 0.15) is 11.9 Å². The van der Waals surface area contributed by atoms with Crippen molar-refractivity contribution >= 4 is 34.7 Å². The third-order valence-corrected chi connectivity index (χ3v) is 0.525. The maximum Gasteiger partial charge on any atom is 0.409 e. The number of halogens is 2. The predicted molar refractivity (Wildman–Crippen MR) is 22.8 cm³/mol. The van der Waals surface area contributed by atoms with Gasteiger partial charge in [-0.2, -0.15) is 0 Å². The van der Waals surface area contributed by atoms with Crippen molar-refractivity contribution in [2.45, 2.75) is 0 Å². The van der Waals surface area contributed by atoms with Gasteiger partial charge in [-0.1, -0.05) is 0 Å². The largest absolute Gasteiger partial charge is 0.409 e. The molecule has 0 aromatic rings. The van der Waals surface area contributed by atoms with Gasteiger partial charge < -0.3 is 4.29 Å². The molecule has 0 atom stereocenters. The first kappa shape index (κ1) is 6.72. The predicted octanol–water partition coefficient (Wildman–Crippen LogP) is 0.449. The van der Waals surface area contributed by atoms with Crippen LogP contribution in [0.25, 0.3) is 0 Å². The second kappa shape index (κ2) is 2.82. The minimum absolute atomic E-state index is 1.23. The van der Waals surface area contributed by atoms with E-state index in [1.807, 2.05) is 0 Å². The van der Waals surface area contributed by atoms with Crippen molar-refractivity contribution in [1.82, 2.24) is 0 Å². The Hall–Kier alpha value is -0.280. The minimum atomic E-state index is -1.26. The Kier molecular flexibility index (Phi) is 2.71.